The molecule has 0 aromatic heterocycles. The summed E-state index contributed by atoms with van der Waals surface area (Å²) in [7, 11) is 0. The zero-order valence-corrected chi connectivity index (χ0v) is 9.11. The maximum atomic E-state index is 12.4. The first-order chi connectivity index (χ1) is 6.66. The van der Waals surface area contributed by atoms with Crippen molar-refractivity contribution < 1.29 is 18.0 Å². The topological polar surface area (TPSA) is 55.1 Å². The number of nitrogens with two attached hydrogens (primary N) is 1. The quantitative estimate of drug-likeness (QED) is 0.764. The van der Waals surface area contributed by atoms with E-state index in [0.717, 1.165) is 0 Å². The molecule has 0 spiro atoms. The molecule has 0 radical (unpaired) electrons. The number of alkyl halides is 3. The standard InChI is InChI=1S/C9H17F3N2O/c1-4-6(5-2)14-7(15)8(3,13)9(10,11)12/h6H,4-5,13H2,1-3H3,(H,14,15). The molecule has 1 atom stereocenters. The van der Waals surface area contributed by atoms with E-state index in [4.69, 9.17) is 5.73 Å². The van der Waals surface area contributed by atoms with Gasteiger partial charge >= 0.3 is 6.18 Å². The van der Waals surface area contributed by atoms with Gasteiger partial charge in [0.25, 0.3) is 0 Å². The van der Waals surface area contributed by atoms with Crippen molar-refractivity contribution in [2.75, 3.05) is 0 Å². The van der Waals surface area contributed by atoms with Gasteiger partial charge in [-0.2, -0.15) is 13.2 Å². The number of nitrogens with one attached hydrogen (secondary N) is 1. The van der Waals surface area contributed by atoms with Crippen LogP contribution in [-0.4, -0.2) is 23.7 Å². The van der Waals surface area contributed by atoms with Crippen LogP contribution in [0.25, 0.3) is 0 Å². The molecule has 0 aliphatic heterocycles. The van der Waals surface area contributed by atoms with Gasteiger partial charge in [-0.05, 0) is 19.8 Å². The molecule has 0 aliphatic rings. The highest BCUT2D eigenvalue weighted by molar-refractivity contribution is 5.86. The molecule has 0 fully saturated rings. The minimum Gasteiger partial charge on any atom is -0.352 e. The fourth-order valence-corrected chi connectivity index (χ4v) is 0.957. The van der Waals surface area contributed by atoms with Crippen molar-refractivity contribution in [2.24, 2.45) is 5.73 Å². The first-order valence-electron chi connectivity index (χ1n) is 4.83. The summed E-state index contributed by atoms with van der Waals surface area (Å²) in [6.45, 7) is 4.25. The molecule has 0 rings (SSSR count). The Morgan fingerprint density at radius 3 is 2.00 bits per heavy atom. The number of carbonyl (C=O) groups excluding carboxylic acids is 1. The molecule has 0 aliphatic carbocycles. The van der Waals surface area contributed by atoms with Gasteiger partial charge in [0.15, 0.2) is 5.54 Å². The minimum absolute atomic E-state index is 0.261. The maximum absolute atomic E-state index is 12.4. The van der Waals surface area contributed by atoms with Crippen molar-refractivity contribution in [1.29, 1.82) is 0 Å². The second-order valence-electron chi connectivity index (χ2n) is 3.69. The Kier molecular flexibility index (Phi) is 4.58. The van der Waals surface area contributed by atoms with Crippen LogP contribution in [-0.2, 0) is 4.79 Å². The van der Waals surface area contributed by atoms with Crippen LogP contribution in [0.4, 0.5) is 13.2 Å². The van der Waals surface area contributed by atoms with E-state index in [9.17, 15) is 18.0 Å². The van der Waals surface area contributed by atoms with E-state index < -0.39 is 17.6 Å². The van der Waals surface area contributed by atoms with Gasteiger partial charge in [-0.3, -0.25) is 4.79 Å². The summed E-state index contributed by atoms with van der Waals surface area (Å²) in [5.74, 6) is -1.18. The van der Waals surface area contributed by atoms with Crippen molar-refractivity contribution in [3.05, 3.63) is 0 Å². The SMILES string of the molecule is CCC(CC)NC(=O)C(C)(N)C(F)(F)F. The van der Waals surface area contributed by atoms with Crippen molar-refractivity contribution in [3.8, 4) is 0 Å². The molecule has 3 nitrogen and oxygen atoms in total. The van der Waals surface area contributed by atoms with Crippen LogP contribution in [0.3, 0.4) is 0 Å². The van der Waals surface area contributed by atoms with Crippen LogP contribution in [0.2, 0.25) is 0 Å². The van der Waals surface area contributed by atoms with Gasteiger partial charge in [0.1, 0.15) is 0 Å². The van der Waals surface area contributed by atoms with E-state index in [0.29, 0.717) is 19.8 Å². The predicted octanol–water partition coefficient (Wildman–Crippen LogP) is 1.57. The van der Waals surface area contributed by atoms with Gasteiger partial charge < -0.3 is 11.1 Å². The highest BCUT2D eigenvalue weighted by Crippen LogP contribution is 2.28. The molecule has 90 valence electrons. The van der Waals surface area contributed by atoms with E-state index in [1.54, 1.807) is 13.8 Å². The van der Waals surface area contributed by atoms with E-state index in [1.165, 1.54) is 0 Å². The third-order valence-corrected chi connectivity index (χ3v) is 2.38. The molecule has 0 aromatic carbocycles. The smallest absolute Gasteiger partial charge is 0.352 e. The summed E-state index contributed by atoms with van der Waals surface area (Å²) >= 11 is 0. The van der Waals surface area contributed by atoms with Gasteiger partial charge in [0.05, 0.1) is 0 Å². The predicted molar refractivity (Wildman–Crippen MR) is 51.2 cm³/mol. The molecular weight excluding hydrogens is 209 g/mol. The van der Waals surface area contributed by atoms with Crippen molar-refractivity contribution in [2.45, 2.75) is 51.4 Å². The van der Waals surface area contributed by atoms with Gasteiger partial charge in [-0.25, -0.2) is 0 Å². The van der Waals surface area contributed by atoms with Crippen LogP contribution < -0.4 is 11.1 Å². The van der Waals surface area contributed by atoms with Crippen molar-refractivity contribution >= 4 is 5.91 Å². The summed E-state index contributed by atoms with van der Waals surface area (Å²) in [5.41, 5.74) is 2.13. The Morgan fingerprint density at radius 2 is 1.73 bits per heavy atom. The lowest BCUT2D eigenvalue weighted by Crippen LogP contribution is -2.62. The van der Waals surface area contributed by atoms with Crippen LogP contribution in [0, 0.1) is 0 Å². The third kappa shape index (κ3) is 3.37. The molecule has 1 amide bonds. The Hall–Kier alpha value is -0.780. The Bertz CT molecular complexity index is 222. The third-order valence-electron chi connectivity index (χ3n) is 2.38. The zero-order valence-electron chi connectivity index (χ0n) is 9.11. The molecule has 1 unspecified atom stereocenters. The lowest BCUT2D eigenvalue weighted by atomic mass is 10.0. The monoisotopic (exact) mass is 226 g/mol. The van der Waals surface area contributed by atoms with E-state index >= 15 is 0 Å². The highest BCUT2D eigenvalue weighted by atomic mass is 19.4. The van der Waals surface area contributed by atoms with Crippen molar-refractivity contribution in [3.63, 3.8) is 0 Å². The van der Waals surface area contributed by atoms with Gasteiger partial charge in [0, 0.05) is 6.04 Å². The van der Waals surface area contributed by atoms with Crippen LogP contribution >= 0.6 is 0 Å². The number of hydrogen-bond donors (Lipinski definition) is 2. The largest absolute Gasteiger partial charge is 0.415 e. The molecular formula is C9H17F3N2O. The Labute approximate surface area is 87.2 Å². The Balaban J connectivity index is 4.58. The fraction of sp³-hybridized carbons (Fsp3) is 0.889. The summed E-state index contributed by atoms with van der Waals surface area (Å²) in [6.07, 6.45) is -3.57. The van der Waals surface area contributed by atoms with Gasteiger partial charge in [-0.15, -0.1) is 0 Å². The number of carbonyl (C=O) groups is 1. The van der Waals surface area contributed by atoms with Crippen molar-refractivity contribution in [1.82, 2.24) is 5.32 Å². The lowest BCUT2D eigenvalue weighted by molar-refractivity contribution is -0.187. The van der Waals surface area contributed by atoms with E-state index in [-0.39, 0.29) is 6.04 Å². The molecule has 0 aromatic rings. The summed E-state index contributed by atoms with van der Waals surface area (Å²) in [4.78, 5) is 11.3. The van der Waals surface area contributed by atoms with Gasteiger partial charge in [-0.1, -0.05) is 13.8 Å². The molecule has 15 heavy (non-hydrogen) atoms. The summed E-state index contributed by atoms with van der Waals surface area (Å²) in [6, 6.07) is -0.261. The fourth-order valence-electron chi connectivity index (χ4n) is 0.957. The summed E-state index contributed by atoms with van der Waals surface area (Å²) in [5, 5.41) is 2.28. The van der Waals surface area contributed by atoms with Crippen LogP contribution in [0.1, 0.15) is 33.6 Å². The first kappa shape index (κ1) is 14.2. The molecule has 0 saturated heterocycles. The lowest BCUT2D eigenvalue weighted by Gasteiger charge is -2.28. The van der Waals surface area contributed by atoms with E-state index in [1.807, 2.05) is 0 Å². The maximum Gasteiger partial charge on any atom is 0.415 e. The second-order valence-corrected chi connectivity index (χ2v) is 3.69. The molecule has 0 bridgehead atoms. The first-order valence-corrected chi connectivity index (χ1v) is 4.83. The van der Waals surface area contributed by atoms with Crippen LogP contribution in [0.15, 0.2) is 0 Å². The Morgan fingerprint density at radius 1 is 1.33 bits per heavy atom. The highest BCUT2D eigenvalue weighted by Gasteiger charge is 2.54. The van der Waals surface area contributed by atoms with E-state index in [2.05, 4.69) is 5.32 Å². The second kappa shape index (κ2) is 4.83. The number of amides is 1. The molecule has 3 N–H and O–H groups in total. The van der Waals surface area contributed by atoms with Gasteiger partial charge in [0.2, 0.25) is 5.91 Å². The van der Waals surface area contributed by atoms with Crippen LogP contribution in [0.5, 0.6) is 0 Å². The molecule has 0 saturated carbocycles. The summed E-state index contributed by atoms with van der Waals surface area (Å²) < 4.78 is 37.1. The molecule has 0 heterocycles. The number of halogens is 3. The average molecular weight is 226 g/mol. The normalized spacial score (nSPS) is 16.3. The zero-order chi connectivity index (χ0) is 12.3. The number of hydrogen-bond acceptors (Lipinski definition) is 2. The molecule has 6 heteroatoms. The average Bonchev–Trinajstić information content (AvgIpc) is 2.11. The number of rotatable bonds is 4. The minimum atomic E-state index is -4.73.